The molecule has 2 amide bonds. The summed E-state index contributed by atoms with van der Waals surface area (Å²) >= 11 is 7.48. The summed E-state index contributed by atoms with van der Waals surface area (Å²) < 4.78 is 0. The molecule has 1 aliphatic rings. The highest BCUT2D eigenvalue weighted by Crippen LogP contribution is 2.18. The van der Waals surface area contributed by atoms with Gasteiger partial charge in [0, 0.05) is 23.9 Å². The average Bonchev–Trinajstić information content (AvgIpc) is 2.47. The lowest BCUT2D eigenvalue weighted by atomic mass is 10.1. The molecule has 0 spiro atoms. The first kappa shape index (κ1) is 16.2. The Balaban J connectivity index is 1.85. The van der Waals surface area contributed by atoms with Crippen molar-refractivity contribution in [1.82, 2.24) is 10.2 Å². The molecule has 1 unspecified atom stereocenters. The van der Waals surface area contributed by atoms with Crippen LogP contribution in [0.3, 0.4) is 0 Å². The van der Waals surface area contributed by atoms with Crippen molar-refractivity contribution in [3.8, 4) is 0 Å². The Kier molecular flexibility index (Phi) is 5.94. The lowest BCUT2D eigenvalue weighted by molar-refractivity contribution is -0.141. The topological polar surface area (TPSA) is 49.4 Å². The van der Waals surface area contributed by atoms with Gasteiger partial charge >= 0.3 is 0 Å². The predicted octanol–water partition coefficient (Wildman–Crippen LogP) is 2.31. The van der Waals surface area contributed by atoms with Crippen molar-refractivity contribution in [2.24, 2.45) is 0 Å². The summed E-state index contributed by atoms with van der Waals surface area (Å²) in [5.41, 5.74) is 1.10. The van der Waals surface area contributed by atoms with Gasteiger partial charge in [0.15, 0.2) is 0 Å². The van der Waals surface area contributed by atoms with Crippen LogP contribution in [0.4, 0.5) is 0 Å². The minimum Gasteiger partial charge on any atom is -0.353 e. The molecule has 0 saturated carbocycles. The molecule has 4 nitrogen and oxygen atoms in total. The molecule has 1 saturated heterocycles. The maximum absolute atomic E-state index is 12.3. The van der Waals surface area contributed by atoms with E-state index in [1.54, 1.807) is 16.7 Å². The monoisotopic (exact) mass is 326 g/mol. The Morgan fingerprint density at radius 2 is 2.33 bits per heavy atom. The molecule has 6 heteroatoms. The maximum atomic E-state index is 12.3. The normalized spacial score (nSPS) is 18.5. The van der Waals surface area contributed by atoms with Crippen LogP contribution in [0.15, 0.2) is 24.3 Å². The Hall–Kier alpha value is -1.20. The highest BCUT2D eigenvalue weighted by atomic mass is 35.5. The van der Waals surface area contributed by atoms with Crippen LogP contribution in [-0.2, 0) is 15.3 Å². The van der Waals surface area contributed by atoms with Gasteiger partial charge in [-0.2, -0.15) is 0 Å². The standard InChI is InChI=1S/C15H19ClN2O2S/c1-2-13-15(20)17-6-7-18(13)14(19)10-21-9-11-4-3-5-12(16)8-11/h3-5,8,13H,2,6-7,9-10H2,1H3,(H,17,20). The quantitative estimate of drug-likeness (QED) is 0.903. The van der Waals surface area contributed by atoms with E-state index in [4.69, 9.17) is 11.6 Å². The van der Waals surface area contributed by atoms with Crippen LogP contribution in [0.1, 0.15) is 18.9 Å². The molecule has 0 aliphatic carbocycles. The molecule has 1 atom stereocenters. The molecule has 1 aliphatic heterocycles. The first-order valence-electron chi connectivity index (χ1n) is 7.01. The van der Waals surface area contributed by atoms with E-state index in [1.165, 1.54) is 0 Å². The van der Waals surface area contributed by atoms with Crippen LogP contribution >= 0.6 is 23.4 Å². The second-order valence-electron chi connectivity index (χ2n) is 4.92. The summed E-state index contributed by atoms with van der Waals surface area (Å²) in [6, 6.07) is 7.31. The minimum atomic E-state index is -0.321. The minimum absolute atomic E-state index is 0.0312. The Bertz CT molecular complexity index is 524. The van der Waals surface area contributed by atoms with E-state index in [-0.39, 0.29) is 17.9 Å². The van der Waals surface area contributed by atoms with Crippen LogP contribution in [0.2, 0.25) is 5.02 Å². The zero-order chi connectivity index (χ0) is 15.2. The van der Waals surface area contributed by atoms with Crippen molar-refractivity contribution < 1.29 is 9.59 Å². The Morgan fingerprint density at radius 1 is 1.52 bits per heavy atom. The van der Waals surface area contributed by atoms with E-state index >= 15 is 0 Å². The van der Waals surface area contributed by atoms with Crippen molar-refractivity contribution in [2.45, 2.75) is 25.1 Å². The molecule has 1 aromatic carbocycles. The van der Waals surface area contributed by atoms with Crippen molar-refractivity contribution in [3.05, 3.63) is 34.9 Å². The van der Waals surface area contributed by atoms with Gasteiger partial charge in [-0.05, 0) is 24.1 Å². The molecular formula is C15H19ClN2O2S. The highest BCUT2D eigenvalue weighted by molar-refractivity contribution is 7.99. The van der Waals surface area contributed by atoms with Gasteiger partial charge in [0.05, 0.1) is 5.75 Å². The van der Waals surface area contributed by atoms with Crippen molar-refractivity contribution in [1.29, 1.82) is 0 Å². The largest absolute Gasteiger partial charge is 0.353 e. The molecule has 0 bridgehead atoms. The number of piperazine rings is 1. The number of thioether (sulfide) groups is 1. The van der Waals surface area contributed by atoms with Gasteiger partial charge in [-0.3, -0.25) is 9.59 Å². The molecule has 1 fully saturated rings. The van der Waals surface area contributed by atoms with Gasteiger partial charge in [0.1, 0.15) is 6.04 Å². The van der Waals surface area contributed by atoms with E-state index in [0.717, 1.165) is 11.3 Å². The zero-order valence-corrected chi connectivity index (χ0v) is 13.5. The average molecular weight is 327 g/mol. The van der Waals surface area contributed by atoms with Gasteiger partial charge in [-0.1, -0.05) is 30.7 Å². The summed E-state index contributed by atoms with van der Waals surface area (Å²) in [6.45, 7) is 3.07. The number of nitrogens with zero attached hydrogens (tertiary/aromatic N) is 1. The molecule has 114 valence electrons. The van der Waals surface area contributed by atoms with Crippen molar-refractivity contribution in [2.75, 3.05) is 18.8 Å². The number of halogens is 1. The third-order valence-electron chi connectivity index (χ3n) is 3.42. The lowest BCUT2D eigenvalue weighted by Gasteiger charge is -2.34. The number of nitrogens with one attached hydrogen (secondary N) is 1. The summed E-state index contributed by atoms with van der Waals surface area (Å²) in [5.74, 6) is 1.11. The summed E-state index contributed by atoms with van der Waals surface area (Å²) in [4.78, 5) is 25.7. The maximum Gasteiger partial charge on any atom is 0.242 e. The van der Waals surface area contributed by atoms with Crippen molar-refractivity contribution in [3.63, 3.8) is 0 Å². The number of hydrogen-bond donors (Lipinski definition) is 1. The molecule has 0 radical (unpaired) electrons. The van der Waals surface area contributed by atoms with Crippen LogP contribution in [0.5, 0.6) is 0 Å². The molecule has 1 N–H and O–H groups in total. The van der Waals surface area contributed by atoms with E-state index < -0.39 is 0 Å². The highest BCUT2D eigenvalue weighted by Gasteiger charge is 2.31. The number of carbonyl (C=O) groups is 2. The predicted molar refractivity (Wildman–Crippen MR) is 86.4 cm³/mol. The number of hydrogen-bond acceptors (Lipinski definition) is 3. The Labute approximate surface area is 134 Å². The lowest BCUT2D eigenvalue weighted by Crippen LogP contribution is -2.57. The first-order chi connectivity index (χ1) is 10.1. The van der Waals surface area contributed by atoms with E-state index in [2.05, 4.69) is 5.32 Å². The fourth-order valence-electron chi connectivity index (χ4n) is 2.38. The SMILES string of the molecule is CCC1C(=O)NCCN1C(=O)CSCc1cccc(Cl)c1. The number of carbonyl (C=O) groups excluding carboxylic acids is 2. The smallest absolute Gasteiger partial charge is 0.242 e. The van der Waals surface area contributed by atoms with E-state index in [0.29, 0.717) is 30.3 Å². The fourth-order valence-corrected chi connectivity index (χ4v) is 3.46. The van der Waals surface area contributed by atoms with Crippen LogP contribution in [-0.4, -0.2) is 41.6 Å². The molecule has 2 rings (SSSR count). The van der Waals surface area contributed by atoms with Crippen LogP contribution < -0.4 is 5.32 Å². The summed E-state index contributed by atoms with van der Waals surface area (Å²) in [5, 5.41) is 3.51. The van der Waals surface area contributed by atoms with Gasteiger partial charge in [-0.15, -0.1) is 11.8 Å². The second-order valence-corrected chi connectivity index (χ2v) is 6.35. The zero-order valence-electron chi connectivity index (χ0n) is 12.0. The number of rotatable bonds is 5. The van der Waals surface area contributed by atoms with Gasteiger partial charge in [-0.25, -0.2) is 0 Å². The third-order valence-corrected chi connectivity index (χ3v) is 4.64. The number of amides is 2. The summed E-state index contributed by atoms with van der Waals surface area (Å²) in [6.07, 6.45) is 0.649. The first-order valence-corrected chi connectivity index (χ1v) is 8.54. The molecule has 0 aromatic heterocycles. The van der Waals surface area contributed by atoms with Crippen molar-refractivity contribution >= 4 is 35.2 Å². The van der Waals surface area contributed by atoms with E-state index in [1.807, 2.05) is 31.2 Å². The Morgan fingerprint density at radius 3 is 3.05 bits per heavy atom. The molecule has 1 aromatic rings. The third kappa shape index (κ3) is 4.38. The molecule has 21 heavy (non-hydrogen) atoms. The molecule has 1 heterocycles. The number of benzene rings is 1. The summed E-state index contributed by atoms with van der Waals surface area (Å²) in [7, 11) is 0. The van der Waals surface area contributed by atoms with Gasteiger partial charge in [0.2, 0.25) is 11.8 Å². The molecular weight excluding hydrogens is 308 g/mol. The van der Waals surface area contributed by atoms with Gasteiger partial charge < -0.3 is 10.2 Å². The van der Waals surface area contributed by atoms with Gasteiger partial charge in [0.25, 0.3) is 0 Å². The van der Waals surface area contributed by atoms with Crippen LogP contribution in [0.25, 0.3) is 0 Å². The van der Waals surface area contributed by atoms with E-state index in [9.17, 15) is 9.59 Å². The second kappa shape index (κ2) is 7.71. The fraction of sp³-hybridized carbons (Fsp3) is 0.467. The van der Waals surface area contributed by atoms with Crippen LogP contribution in [0, 0.1) is 0 Å².